The highest BCUT2D eigenvalue weighted by atomic mass is 16.5. The molecule has 0 aliphatic heterocycles. The Morgan fingerprint density at radius 2 is 1.41 bits per heavy atom. The van der Waals surface area contributed by atoms with Crippen molar-refractivity contribution in [2.75, 3.05) is 0 Å². The summed E-state index contributed by atoms with van der Waals surface area (Å²) in [7, 11) is 0. The van der Waals surface area contributed by atoms with Gasteiger partial charge in [0.05, 0.1) is 11.7 Å². The van der Waals surface area contributed by atoms with Crippen LogP contribution in [0.1, 0.15) is 36.6 Å². The van der Waals surface area contributed by atoms with Gasteiger partial charge in [0.15, 0.2) is 0 Å². The Morgan fingerprint density at radius 1 is 0.852 bits per heavy atom. The maximum absolute atomic E-state index is 10.5. The first-order valence-corrected chi connectivity index (χ1v) is 9.02. The molecule has 3 rings (SSSR count). The lowest BCUT2D eigenvalue weighted by molar-refractivity contribution is 0.119. The Labute approximate surface area is 159 Å². The van der Waals surface area contributed by atoms with E-state index in [1.165, 1.54) is 0 Å². The fourth-order valence-corrected chi connectivity index (χ4v) is 2.56. The molecule has 0 amide bonds. The van der Waals surface area contributed by atoms with E-state index in [2.05, 4.69) is 9.97 Å². The van der Waals surface area contributed by atoms with Gasteiger partial charge in [-0.15, -0.1) is 0 Å². The zero-order valence-electron chi connectivity index (χ0n) is 15.6. The average Bonchev–Trinajstić information content (AvgIpc) is 2.71. The van der Waals surface area contributed by atoms with Gasteiger partial charge in [-0.1, -0.05) is 74.5 Å². The van der Waals surface area contributed by atoms with Gasteiger partial charge in [-0.3, -0.25) is 0 Å². The summed E-state index contributed by atoms with van der Waals surface area (Å²) >= 11 is 0. The maximum Gasteiger partial charge on any atom is 0.320 e. The van der Waals surface area contributed by atoms with Crippen LogP contribution in [0.2, 0.25) is 0 Å². The number of benzene rings is 2. The van der Waals surface area contributed by atoms with Gasteiger partial charge in [-0.05, 0) is 17.0 Å². The van der Waals surface area contributed by atoms with Gasteiger partial charge in [0.1, 0.15) is 13.2 Å². The van der Waals surface area contributed by atoms with E-state index in [1.807, 2.05) is 74.5 Å². The van der Waals surface area contributed by atoms with Crippen molar-refractivity contribution in [2.24, 2.45) is 5.92 Å². The smallest absolute Gasteiger partial charge is 0.320 e. The van der Waals surface area contributed by atoms with Crippen LogP contribution >= 0.6 is 0 Å². The van der Waals surface area contributed by atoms with Gasteiger partial charge < -0.3 is 14.6 Å². The van der Waals surface area contributed by atoms with Crippen molar-refractivity contribution in [1.29, 1.82) is 0 Å². The Hall–Kier alpha value is -2.92. The maximum atomic E-state index is 10.5. The molecule has 140 valence electrons. The van der Waals surface area contributed by atoms with E-state index < -0.39 is 6.10 Å². The number of ether oxygens (including phenoxy) is 2. The zero-order valence-corrected chi connectivity index (χ0v) is 15.6. The molecule has 2 aromatic carbocycles. The second-order valence-corrected chi connectivity index (χ2v) is 6.65. The zero-order chi connectivity index (χ0) is 19.1. The van der Waals surface area contributed by atoms with Crippen LogP contribution in [0, 0.1) is 5.92 Å². The van der Waals surface area contributed by atoms with Crippen molar-refractivity contribution < 1.29 is 14.6 Å². The van der Waals surface area contributed by atoms with Crippen molar-refractivity contribution in [3.8, 4) is 11.9 Å². The van der Waals surface area contributed by atoms with Crippen LogP contribution in [-0.2, 0) is 13.2 Å². The third-order valence-electron chi connectivity index (χ3n) is 4.14. The fourth-order valence-electron chi connectivity index (χ4n) is 2.56. The molecule has 5 heteroatoms. The number of nitrogens with zero attached hydrogens (tertiary/aromatic N) is 2. The minimum atomic E-state index is -0.709. The first-order valence-electron chi connectivity index (χ1n) is 9.02. The lowest BCUT2D eigenvalue weighted by Gasteiger charge is -2.18. The number of aliphatic hydroxyl groups excluding tert-OH is 1. The van der Waals surface area contributed by atoms with Crippen molar-refractivity contribution in [3.63, 3.8) is 0 Å². The molecule has 1 N–H and O–H groups in total. The SMILES string of the molecule is CC(C)C(O)c1cnc(OCc2ccccc2)nc1OCc1ccccc1. The van der Waals surface area contributed by atoms with Crippen LogP contribution in [0.15, 0.2) is 66.9 Å². The third kappa shape index (κ3) is 5.28. The Bertz CT molecular complexity index is 839. The normalized spacial score (nSPS) is 12.0. The second kappa shape index (κ2) is 9.14. The van der Waals surface area contributed by atoms with Gasteiger partial charge >= 0.3 is 6.01 Å². The van der Waals surface area contributed by atoms with Gasteiger partial charge in [0, 0.05) is 6.20 Å². The highest BCUT2D eigenvalue weighted by Gasteiger charge is 2.20. The van der Waals surface area contributed by atoms with Crippen molar-refractivity contribution >= 4 is 0 Å². The third-order valence-corrected chi connectivity index (χ3v) is 4.14. The molecule has 0 spiro atoms. The molecule has 1 unspecified atom stereocenters. The molecule has 0 aliphatic carbocycles. The quantitative estimate of drug-likeness (QED) is 0.645. The lowest BCUT2D eigenvalue weighted by atomic mass is 10.0. The highest BCUT2D eigenvalue weighted by molar-refractivity contribution is 5.28. The van der Waals surface area contributed by atoms with Gasteiger partial charge in [-0.25, -0.2) is 4.98 Å². The number of aliphatic hydroxyl groups is 1. The molecule has 0 aliphatic rings. The van der Waals surface area contributed by atoms with Crippen LogP contribution in [0.3, 0.4) is 0 Å². The van der Waals surface area contributed by atoms with Crippen molar-refractivity contribution in [3.05, 3.63) is 83.6 Å². The lowest BCUT2D eigenvalue weighted by Crippen LogP contribution is -2.11. The Morgan fingerprint density at radius 3 is 1.96 bits per heavy atom. The Balaban J connectivity index is 1.77. The van der Waals surface area contributed by atoms with Gasteiger partial charge in [0.25, 0.3) is 0 Å². The minimum Gasteiger partial charge on any atom is -0.472 e. The number of rotatable bonds is 8. The highest BCUT2D eigenvalue weighted by Crippen LogP contribution is 2.29. The fraction of sp³-hybridized carbons (Fsp3) is 0.273. The summed E-state index contributed by atoms with van der Waals surface area (Å²) in [4.78, 5) is 8.63. The minimum absolute atomic E-state index is 0.0174. The standard InChI is InChI=1S/C22H24N2O3/c1-16(2)20(25)19-13-23-22(27-15-18-11-7-4-8-12-18)24-21(19)26-14-17-9-5-3-6-10-17/h3-13,16,20,25H,14-15H2,1-2H3. The summed E-state index contributed by atoms with van der Waals surface area (Å²) in [5.74, 6) is 0.363. The van der Waals surface area contributed by atoms with E-state index in [0.717, 1.165) is 11.1 Å². The van der Waals surface area contributed by atoms with Crippen LogP contribution in [0.25, 0.3) is 0 Å². The number of hydrogen-bond donors (Lipinski definition) is 1. The number of hydrogen-bond acceptors (Lipinski definition) is 5. The molecule has 0 fully saturated rings. The van der Waals surface area contributed by atoms with Gasteiger partial charge in [-0.2, -0.15) is 4.98 Å². The molecule has 27 heavy (non-hydrogen) atoms. The predicted octanol–water partition coefficient (Wildman–Crippen LogP) is 4.32. The van der Waals surface area contributed by atoms with E-state index in [9.17, 15) is 5.11 Å². The van der Waals surface area contributed by atoms with E-state index in [4.69, 9.17) is 9.47 Å². The van der Waals surface area contributed by atoms with Crippen molar-refractivity contribution in [1.82, 2.24) is 9.97 Å². The molecular formula is C22H24N2O3. The molecule has 3 aromatic rings. The topological polar surface area (TPSA) is 64.5 Å². The van der Waals surface area contributed by atoms with E-state index in [1.54, 1.807) is 6.20 Å². The molecule has 5 nitrogen and oxygen atoms in total. The molecule has 1 atom stereocenters. The second-order valence-electron chi connectivity index (χ2n) is 6.65. The molecule has 0 saturated carbocycles. The van der Waals surface area contributed by atoms with E-state index >= 15 is 0 Å². The van der Waals surface area contributed by atoms with Crippen LogP contribution in [0.5, 0.6) is 11.9 Å². The first-order chi connectivity index (χ1) is 13.1. The molecule has 0 saturated heterocycles. The van der Waals surface area contributed by atoms with Crippen LogP contribution < -0.4 is 9.47 Å². The largest absolute Gasteiger partial charge is 0.472 e. The summed E-state index contributed by atoms with van der Waals surface area (Å²) < 4.78 is 11.6. The summed E-state index contributed by atoms with van der Waals surface area (Å²) in [6, 6.07) is 19.9. The van der Waals surface area contributed by atoms with Crippen LogP contribution in [0.4, 0.5) is 0 Å². The summed E-state index contributed by atoms with van der Waals surface area (Å²) in [6.07, 6.45) is 0.872. The average molecular weight is 364 g/mol. The molecule has 1 aromatic heterocycles. The summed E-state index contributed by atoms with van der Waals surface area (Å²) in [5, 5.41) is 10.5. The van der Waals surface area contributed by atoms with Crippen molar-refractivity contribution in [2.45, 2.75) is 33.2 Å². The van der Waals surface area contributed by atoms with Crippen LogP contribution in [-0.4, -0.2) is 15.1 Å². The Kier molecular flexibility index (Phi) is 6.39. The molecular weight excluding hydrogens is 340 g/mol. The summed E-state index contributed by atoms with van der Waals surface area (Å²) in [5.41, 5.74) is 2.61. The molecule has 1 heterocycles. The van der Waals surface area contributed by atoms with Gasteiger partial charge in [0.2, 0.25) is 5.88 Å². The first kappa shape index (κ1) is 18.9. The molecule has 0 bridgehead atoms. The van der Waals surface area contributed by atoms with E-state index in [0.29, 0.717) is 24.7 Å². The summed E-state index contributed by atoms with van der Waals surface area (Å²) in [6.45, 7) is 4.59. The molecule has 0 radical (unpaired) electrons. The monoisotopic (exact) mass is 364 g/mol. The number of aromatic nitrogens is 2. The van der Waals surface area contributed by atoms with E-state index in [-0.39, 0.29) is 11.9 Å². The predicted molar refractivity (Wildman–Crippen MR) is 103 cm³/mol.